The number of nitrogens with one attached hydrogen (secondary N) is 1. The molecule has 0 aromatic rings. The van der Waals surface area contributed by atoms with Crippen LogP contribution in [0.4, 0.5) is 0 Å². The van der Waals surface area contributed by atoms with Gasteiger partial charge in [-0.25, -0.2) is 0 Å². The molecule has 0 radical (unpaired) electrons. The van der Waals surface area contributed by atoms with Crippen molar-refractivity contribution in [2.45, 2.75) is 57.5 Å². The minimum atomic E-state index is -0.115. The van der Waals surface area contributed by atoms with Crippen LogP contribution in [-0.4, -0.2) is 18.0 Å². The molecule has 1 rings (SSSR count). The van der Waals surface area contributed by atoms with Gasteiger partial charge in [0.25, 0.3) is 0 Å². The maximum Gasteiger partial charge on any atom is 0.224 e. The zero-order chi connectivity index (χ0) is 12.0. The van der Waals surface area contributed by atoms with Gasteiger partial charge in [0.2, 0.25) is 5.91 Å². The normalized spacial score (nSPS) is 26.8. The molecule has 1 fully saturated rings. The Morgan fingerprint density at radius 2 is 2.38 bits per heavy atom. The highest BCUT2D eigenvalue weighted by Crippen LogP contribution is 2.23. The number of carbonyl (C=O) groups is 1. The molecule has 0 aromatic heterocycles. The summed E-state index contributed by atoms with van der Waals surface area (Å²) in [6, 6.07) is 0.0654. The average Bonchev–Trinajstić information content (AvgIpc) is 2.28. The van der Waals surface area contributed by atoms with Crippen LogP contribution in [0.15, 0.2) is 0 Å². The number of amides is 1. The Kier molecular flexibility index (Phi) is 5.34. The number of nitrogens with two attached hydrogens (primary N) is 1. The van der Waals surface area contributed by atoms with E-state index in [1.165, 1.54) is 0 Å². The highest BCUT2D eigenvalue weighted by Gasteiger charge is 2.26. The molecule has 3 unspecified atom stereocenters. The summed E-state index contributed by atoms with van der Waals surface area (Å²) in [5.41, 5.74) is 5.86. The molecule has 3 nitrogen and oxygen atoms in total. The monoisotopic (exact) mass is 222 g/mol. The summed E-state index contributed by atoms with van der Waals surface area (Å²) in [4.78, 5) is 11.9. The first kappa shape index (κ1) is 13.1. The van der Waals surface area contributed by atoms with Gasteiger partial charge in [0.15, 0.2) is 0 Å². The lowest BCUT2D eigenvalue weighted by molar-refractivity contribution is -0.126. The molecule has 0 bridgehead atoms. The first-order valence-electron chi connectivity index (χ1n) is 6.19. The lowest BCUT2D eigenvalue weighted by atomic mass is 9.85. The topological polar surface area (TPSA) is 55.1 Å². The predicted molar refractivity (Wildman–Crippen MR) is 65.6 cm³/mol. The van der Waals surface area contributed by atoms with Crippen LogP contribution in [0.1, 0.15) is 45.4 Å². The van der Waals surface area contributed by atoms with Crippen molar-refractivity contribution >= 4 is 5.91 Å². The standard InChI is InChI=1S/C13H22N2O/c1-3-6-12(4-2)15-13(16)10-7-5-8-11(14)9-10/h2,10-12H,3,5-9,14H2,1H3,(H,15,16). The molecule has 3 heteroatoms. The fraction of sp³-hybridized carbons (Fsp3) is 0.769. The van der Waals surface area contributed by atoms with Crippen molar-refractivity contribution in [3.05, 3.63) is 0 Å². The van der Waals surface area contributed by atoms with Crippen LogP contribution in [0.3, 0.4) is 0 Å². The number of carbonyl (C=O) groups excluding carboxylic acids is 1. The van der Waals surface area contributed by atoms with Gasteiger partial charge in [-0.2, -0.15) is 0 Å². The minimum Gasteiger partial charge on any atom is -0.342 e. The molecule has 3 atom stereocenters. The summed E-state index contributed by atoms with van der Waals surface area (Å²) in [7, 11) is 0. The Labute approximate surface area is 98.2 Å². The maximum absolute atomic E-state index is 11.9. The van der Waals surface area contributed by atoms with Gasteiger partial charge in [-0.1, -0.05) is 25.7 Å². The summed E-state index contributed by atoms with van der Waals surface area (Å²) in [6.45, 7) is 2.06. The molecule has 0 heterocycles. The lowest BCUT2D eigenvalue weighted by Crippen LogP contribution is -2.41. The van der Waals surface area contributed by atoms with Gasteiger partial charge in [-0.3, -0.25) is 4.79 Å². The van der Waals surface area contributed by atoms with E-state index < -0.39 is 0 Å². The van der Waals surface area contributed by atoms with Crippen LogP contribution in [0.25, 0.3) is 0 Å². The Hall–Kier alpha value is -1.01. The summed E-state index contributed by atoms with van der Waals surface area (Å²) in [6.07, 6.45) is 11.0. The Morgan fingerprint density at radius 3 is 2.94 bits per heavy atom. The molecular formula is C13H22N2O. The van der Waals surface area contributed by atoms with Gasteiger partial charge in [0.05, 0.1) is 6.04 Å². The molecule has 0 saturated heterocycles. The van der Waals surface area contributed by atoms with Crippen LogP contribution in [0.5, 0.6) is 0 Å². The van der Waals surface area contributed by atoms with Gasteiger partial charge in [0, 0.05) is 12.0 Å². The average molecular weight is 222 g/mol. The zero-order valence-corrected chi connectivity index (χ0v) is 10.0. The van der Waals surface area contributed by atoms with Gasteiger partial charge in [-0.05, 0) is 25.7 Å². The summed E-state index contributed by atoms with van der Waals surface area (Å²) >= 11 is 0. The lowest BCUT2D eigenvalue weighted by Gasteiger charge is -2.26. The number of hydrogen-bond donors (Lipinski definition) is 2. The summed E-state index contributed by atoms with van der Waals surface area (Å²) in [5, 5.41) is 2.93. The van der Waals surface area contributed by atoms with Crippen molar-refractivity contribution < 1.29 is 4.79 Å². The quantitative estimate of drug-likeness (QED) is 0.707. The molecule has 3 N–H and O–H groups in total. The van der Waals surface area contributed by atoms with Crippen LogP contribution >= 0.6 is 0 Å². The van der Waals surface area contributed by atoms with Crippen LogP contribution in [0, 0.1) is 18.3 Å². The van der Waals surface area contributed by atoms with Crippen LogP contribution in [-0.2, 0) is 4.79 Å². The van der Waals surface area contributed by atoms with E-state index in [1.54, 1.807) is 0 Å². The van der Waals surface area contributed by atoms with E-state index in [-0.39, 0.29) is 23.9 Å². The van der Waals surface area contributed by atoms with Crippen molar-refractivity contribution in [2.24, 2.45) is 11.7 Å². The van der Waals surface area contributed by atoms with E-state index in [1.807, 2.05) is 0 Å². The van der Waals surface area contributed by atoms with Crippen molar-refractivity contribution in [3.63, 3.8) is 0 Å². The van der Waals surface area contributed by atoms with Crippen LogP contribution < -0.4 is 11.1 Å². The van der Waals surface area contributed by atoms with E-state index in [0.717, 1.165) is 38.5 Å². The molecule has 90 valence electrons. The van der Waals surface area contributed by atoms with Crippen molar-refractivity contribution in [3.8, 4) is 12.3 Å². The SMILES string of the molecule is C#CC(CCC)NC(=O)C1CCCC(N)C1. The fourth-order valence-corrected chi connectivity index (χ4v) is 2.24. The number of hydrogen-bond acceptors (Lipinski definition) is 2. The van der Waals surface area contributed by atoms with Gasteiger partial charge >= 0.3 is 0 Å². The Balaban J connectivity index is 2.41. The molecular weight excluding hydrogens is 200 g/mol. The highest BCUT2D eigenvalue weighted by atomic mass is 16.1. The van der Waals surface area contributed by atoms with E-state index in [4.69, 9.17) is 12.2 Å². The molecule has 0 aliphatic heterocycles. The third kappa shape index (κ3) is 3.86. The minimum absolute atomic E-state index is 0.0662. The Morgan fingerprint density at radius 1 is 1.62 bits per heavy atom. The molecule has 1 aliphatic rings. The van der Waals surface area contributed by atoms with E-state index in [9.17, 15) is 4.79 Å². The zero-order valence-electron chi connectivity index (χ0n) is 10.0. The molecule has 1 amide bonds. The summed E-state index contributed by atoms with van der Waals surface area (Å²) in [5.74, 6) is 2.78. The van der Waals surface area contributed by atoms with E-state index >= 15 is 0 Å². The van der Waals surface area contributed by atoms with Gasteiger partial charge in [-0.15, -0.1) is 6.42 Å². The van der Waals surface area contributed by atoms with Crippen molar-refractivity contribution in [2.75, 3.05) is 0 Å². The highest BCUT2D eigenvalue weighted by molar-refractivity contribution is 5.79. The van der Waals surface area contributed by atoms with E-state index in [0.29, 0.717) is 0 Å². The maximum atomic E-state index is 11.9. The van der Waals surface area contributed by atoms with Gasteiger partial charge in [0.1, 0.15) is 0 Å². The number of terminal acetylenes is 1. The molecule has 1 aliphatic carbocycles. The molecule has 1 saturated carbocycles. The largest absolute Gasteiger partial charge is 0.342 e. The second-order valence-electron chi connectivity index (χ2n) is 4.64. The first-order chi connectivity index (χ1) is 7.67. The van der Waals surface area contributed by atoms with Crippen LogP contribution in [0.2, 0.25) is 0 Å². The second kappa shape index (κ2) is 6.55. The predicted octanol–water partition coefficient (Wildman–Crippen LogP) is 1.42. The Bertz CT molecular complexity index is 270. The summed E-state index contributed by atoms with van der Waals surface area (Å²) < 4.78 is 0. The van der Waals surface area contributed by atoms with Crippen molar-refractivity contribution in [1.29, 1.82) is 0 Å². The second-order valence-corrected chi connectivity index (χ2v) is 4.64. The molecule has 0 aromatic carbocycles. The third-order valence-electron chi connectivity index (χ3n) is 3.18. The number of rotatable bonds is 4. The van der Waals surface area contributed by atoms with E-state index in [2.05, 4.69) is 18.2 Å². The molecule has 0 spiro atoms. The van der Waals surface area contributed by atoms with Gasteiger partial charge < -0.3 is 11.1 Å². The third-order valence-corrected chi connectivity index (χ3v) is 3.18. The van der Waals surface area contributed by atoms with Crippen molar-refractivity contribution in [1.82, 2.24) is 5.32 Å². The first-order valence-corrected chi connectivity index (χ1v) is 6.19. The molecule has 16 heavy (non-hydrogen) atoms. The smallest absolute Gasteiger partial charge is 0.224 e. The fourth-order valence-electron chi connectivity index (χ4n) is 2.24.